The first-order valence-electron chi connectivity index (χ1n) is 13.7. The SMILES string of the molecule is O=C(N[C@@H]1CCCC[C@H]1NC(=O)c1csc(COc2ccccc2F)n1)NC12CC3CC(CC(C3)C1)C2. The Morgan fingerprint density at radius 2 is 1.65 bits per heavy atom. The summed E-state index contributed by atoms with van der Waals surface area (Å²) in [6.45, 7) is 0.0942. The summed E-state index contributed by atoms with van der Waals surface area (Å²) in [5, 5.41) is 12.0. The highest BCUT2D eigenvalue weighted by Crippen LogP contribution is 2.55. The molecular formula is C28H35FN4O3S. The summed E-state index contributed by atoms with van der Waals surface area (Å²) in [5.41, 5.74) is 0.285. The molecule has 2 aromatic rings. The van der Waals surface area contributed by atoms with E-state index in [1.54, 1.807) is 23.6 Å². The minimum absolute atomic E-state index is 0.0338. The van der Waals surface area contributed by atoms with Crippen LogP contribution >= 0.6 is 11.3 Å². The Hall–Kier alpha value is -2.68. The second kappa shape index (κ2) is 10.2. The van der Waals surface area contributed by atoms with Crippen LogP contribution in [0.15, 0.2) is 29.6 Å². The predicted molar refractivity (Wildman–Crippen MR) is 139 cm³/mol. The van der Waals surface area contributed by atoms with Gasteiger partial charge in [0.25, 0.3) is 5.91 Å². The lowest BCUT2D eigenvalue weighted by Gasteiger charge is -2.56. The van der Waals surface area contributed by atoms with Gasteiger partial charge in [0, 0.05) is 17.0 Å². The first-order valence-corrected chi connectivity index (χ1v) is 14.5. The molecule has 7 rings (SSSR count). The zero-order valence-corrected chi connectivity index (χ0v) is 21.8. The van der Waals surface area contributed by atoms with Gasteiger partial charge < -0.3 is 20.7 Å². The van der Waals surface area contributed by atoms with Crippen molar-refractivity contribution in [2.45, 2.75) is 88.4 Å². The van der Waals surface area contributed by atoms with Crippen molar-refractivity contribution in [2.75, 3.05) is 0 Å². The van der Waals surface area contributed by atoms with Gasteiger partial charge in [-0.2, -0.15) is 0 Å². The van der Waals surface area contributed by atoms with Gasteiger partial charge in [-0.3, -0.25) is 4.79 Å². The number of nitrogens with zero attached hydrogens (tertiary/aromatic N) is 1. The van der Waals surface area contributed by atoms with Crippen molar-refractivity contribution in [3.8, 4) is 5.75 Å². The number of thiazole rings is 1. The van der Waals surface area contributed by atoms with Crippen LogP contribution in [-0.4, -0.2) is 34.5 Å². The molecule has 1 aromatic heterocycles. The predicted octanol–water partition coefficient (Wildman–Crippen LogP) is 5.17. The van der Waals surface area contributed by atoms with Gasteiger partial charge in [0.1, 0.15) is 17.3 Å². The molecule has 3 N–H and O–H groups in total. The fourth-order valence-corrected chi connectivity index (χ4v) is 8.30. The molecule has 4 bridgehead atoms. The summed E-state index contributed by atoms with van der Waals surface area (Å²) >= 11 is 1.31. The van der Waals surface area contributed by atoms with Crippen LogP contribution in [0.2, 0.25) is 0 Å². The number of amides is 3. The van der Waals surface area contributed by atoms with Crippen LogP contribution in [0.5, 0.6) is 5.75 Å². The summed E-state index contributed by atoms with van der Waals surface area (Å²) in [5.74, 6) is 1.79. The van der Waals surface area contributed by atoms with E-state index in [4.69, 9.17) is 4.74 Å². The number of rotatable bonds is 7. The first-order chi connectivity index (χ1) is 17.9. The number of carbonyl (C=O) groups is 2. The molecule has 7 nitrogen and oxygen atoms in total. The van der Waals surface area contributed by atoms with E-state index < -0.39 is 5.82 Å². The number of hydrogen-bond donors (Lipinski definition) is 3. The molecule has 198 valence electrons. The largest absolute Gasteiger partial charge is 0.483 e. The normalized spacial score (nSPS) is 32.1. The highest BCUT2D eigenvalue weighted by atomic mass is 32.1. The number of aromatic nitrogens is 1. The fourth-order valence-electron chi connectivity index (χ4n) is 7.61. The van der Waals surface area contributed by atoms with Crippen LogP contribution in [0, 0.1) is 23.6 Å². The van der Waals surface area contributed by atoms with E-state index in [1.807, 2.05) is 0 Å². The Bertz CT molecular complexity index is 1120. The molecule has 0 saturated heterocycles. The molecule has 3 amide bonds. The monoisotopic (exact) mass is 526 g/mol. The summed E-state index contributed by atoms with van der Waals surface area (Å²) in [6, 6.07) is 5.89. The van der Waals surface area contributed by atoms with Crippen LogP contribution in [0.3, 0.4) is 0 Å². The van der Waals surface area contributed by atoms with Crippen molar-refractivity contribution in [1.29, 1.82) is 0 Å². The van der Waals surface area contributed by atoms with Crippen molar-refractivity contribution < 1.29 is 18.7 Å². The maximum Gasteiger partial charge on any atom is 0.315 e. The van der Waals surface area contributed by atoms with Gasteiger partial charge in [-0.1, -0.05) is 25.0 Å². The maximum atomic E-state index is 13.8. The van der Waals surface area contributed by atoms with Crippen molar-refractivity contribution in [3.05, 3.63) is 46.2 Å². The van der Waals surface area contributed by atoms with Gasteiger partial charge in [-0.05, 0) is 81.3 Å². The van der Waals surface area contributed by atoms with Crippen molar-refractivity contribution in [3.63, 3.8) is 0 Å². The van der Waals surface area contributed by atoms with Gasteiger partial charge in [-0.15, -0.1) is 11.3 Å². The quantitative estimate of drug-likeness (QED) is 0.464. The third-order valence-corrected chi connectivity index (χ3v) is 9.61. The highest BCUT2D eigenvalue weighted by Gasteiger charge is 2.51. The minimum Gasteiger partial charge on any atom is -0.483 e. The van der Waals surface area contributed by atoms with Gasteiger partial charge >= 0.3 is 6.03 Å². The highest BCUT2D eigenvalue weighted by molar-refractivity contribution is 7.09. The fraction of sp³-hybridized carbons (Fsp3) is 0.607. The molecule has 5 aliphatic rings. The molecular weight excluding hydrogens is 491 g/mol. The smallest absolute Gasteiger partial charge is 0.315 e. The van der Waals surface area contributed by atoms with E-state index in [2.05, 4.69) is 20.9 Å². The topological polar surface area (TPSA) is 92.4 Å². The first kappa shape index (κ1) is 24.6. The number of halogens is 1. The third-order valence-electron chi connectivity index (χ3n) is 8.79. The summed E-state index contributed by atoms with van der Waals surface area (Å²) in [6.07, 6.45) is 11.1. The van der Waals surface area contributed by atoms with Gasteiger partial charge in [0.05, 0.1) is 6.04 Å². The van der Waals surface area contributed by atoms with Crippen LogP contribution in [0.4, 0.5) is 9.18 Å². The Morgan fingerprint density at radius 3 is 2.32 bits per heavy atom. The number of carbonyl (C=O) groups excluding carboxylic acids is 2. The van der Waals surface area contributed by atoms with Crippen molar-refractivity contribution >= 4 is 23.3 Å². The molecule has 37 heavy (non-hydrogen) atoms. The maximum absolute atomic E-state index is 13.8. The second-order valence-corrected chi connectivity index (χ2v) is 12.6. The van der Waals surface area contributed by atoms with E-state index in [1.165, 1.54) is 36.7 Å². The molecule has 0 aliphatic heterocycles. The average molecular weight is 527 g/mol. The number of benzene rings is 1. The van der Waals surface area contributed by atoms with E-state index in [0.29, 0.717) is 10.7 Å². The Morgan fingerprint density at radius 1 is 1.00 bits per heavy atom. The van der Waals surface area contributed by atoms with Crippen molar-refractivity contribution in [2.24, 2.45) is 17.8 Å². The van der Waals surface area contributed by atoms with E-state index >= 15 is 0 Å². The number of nitrogens with one attached hydrogen (secondary N) is 3. The van der Waals surface area contributed by atoms with Gasteiger partial charge in [0.15, 0.2) is 11.6 Å². The molecule has 5 fully saturated rings. The van der Waals surface area contributed by atoms with Crippen LogP contribution in [0.25, 0.3) is 0 Å². The molecule has 5 saturated carbocycles. The molecule has 0 radical (unpaired) electrons. The number of para-hydroxylation sites is 1. The number of ether oxygens (including phenoxy) is 1. The summed E-state index contributed by atoms with van der Waals surface area (Å²) in [4.78, 5) is 30.5. The van der Waals surface area contributed by atoms with Crippen molar-refractivity contribution in [1.82, 2.24) is 20.9 Å². The van der Waals surface area contributed by atoms with Crippen LogP contribution in [-0.2, 0) is 6.61 Å². The standard InChI is InChI=1S/C28H35FN4O3S/c29-20-5-1-4-8-24(20)36-15-25-30-23(16-37-25)26(34)31-21-6-2-3-7-22(21)32-27(35)33-28-12-17-9-18(13-28)11-19(10-17)14-28/h1,4-5,8,16-19,21-22H,2-3,6-7,9-15H2,(H,31,34)(H2,32,33,35)/t17?,18?,19?,21-,22-,28?/m1/s1. The molecule has 0 unspecified atom stereocenters. The Labute approximate surface area is 221 Å². The summed E-state index contributed by atoms with van der Waals surface area (Å²) in [7, 11) is 0. The molecule has 0 spiro atoms. The zero-order chi connectivity index (χ0) is 25.4. The number of hydrogen-bond acceptors (Lipinski definition) is 5. The Kier molecular flexibility index (Phi) is 6.82. The lowest BCUT2D eigenvalue weighted by molar-refractivity contribution is -0.0138. The van der Waals surface area contributed by atoms with E-state index in [0.717, 1.165) is 62.7 Å². The van der Waals surface area contributed by atoms with Crippen LogP contribution < -0.4 is 20.7 Å². The molecule has 5 aliphatic carbocycles. The molecule has 2 atom stereocenters. The molecule has 1 heterocycles. The second-order valence-electron chi connectivity index (χ2n) is 11.6. The lowest BCUT2D eigenvalue weighted by Crippen LogP contribution is -2.63. The molecule has 9 heteroatoms. The van der Waals surface area contributed by atoms with Gasteiger partial charge in [-0.25, -0.2) is 14.2 Å². The minimum atomic E-state index is -0.430. The van der Waals surface area contributed by atoms with E-state index in [9.17, 15) is 14.0 Å². The third kappa shape index (κ3) is 5.47. The lowest BCUT2D eigenvalue weighted by atomic mass is 9.53. The zero-order valence-electron chi connectivity index (χ0n) is 21.0. The number of urea groups is 1. The van der Waals surface area contributed by atoms with E-state index in [-0.39, 0.29) is 41.9 Å². The average Bonchev–Trinajstić information content (AvgIpc) is 3.33. The molecule has 1 aromatic carbocycles. The van der Waals surface area contributed by atoms with Crippen LogP contribution in [0.1, 0.15) is 79.7 Å². The Balaban J connectivity index is 1.03. The summed E-state index contributed by atoms with van der Waals surface area (Å²) < 4.78 is 19.3. The van der Waals surface area contributed by atoms with Gasteiger partial charge in [0.2, 0.25) is 0 Å².